The first-order valence-electron chi connectivity index (χ1n) is 5.73. The number of hydrogen-bond donors (Lipinski definition) is 1. The van der Waals surface area contributed by atoms with Gasteiger partial charge in [-0.05, 0) is 19.1 Å². The second kappa shape index (κ2) is 4.83. The molecule has 3 heterocycles. The fourth-order valence-electron chi connectivity index (χ4n) is 1.80. The Bertz CT molecular complexity index is 657. The maximum Gasteiger partial charge on any atom is 0.160 e. The summed E-state index contributed by atoms with van der Waals surface area (Å²) in [6.07, 6.45) is 1.98. The molecule has 6 heteroatoms. The van der Waals surface area contributed by atoms with Gasteiger partial charge in [0.05, 0.1) is 17.7 Å². The number of aryl methyl sites for hydroxylation is 1. The third-order valence-corrected chi connectivity index (χ3v) is 3.73. The first kappa shape index (κ1) is 11.3. The fraction of sp³-hybridized carbons (Fsp3) is 0.250. The van der Waals surface area contributed by atoms with Crippen molar-refractivity contribution in [2.75, 3.05) is 0 Å². The Morgan fingerprint density at radius 3 is 3.06 bits per heavy atom. The van der Waals surface area contributed by atoms with Crippen LogP contribution in [-0.4, -0.2) is 19.6 Å². The Labute approximate surface area is 109 Å². The van der Waals surface area contributed by atoms with Gasteiger partial charge in [0.25, 0.3) is 0 Å². The van der Waals surface area contributed by atoms with Crippen LogP contribution >= 0.6 is 11.3 Å². The Morgan fingerprint density at radius 1 is 1.28 bits per heavy atom. The molecule has 18 heavy (non-hydrogen) atoms. The van der Waals surface area contributed by atoms with Crippen LogP contribution in [0.3, 0.4) is 0 Å². The van der Waals surface area contributed by atoms with E-state index in [0.29, 0.717) is 6.54 Å². The van der Waals surface area contributed by atoms with Crippen molar-refractivity contribution < 1.29 is 0 Å². The highest BCUT2D eigenvalue weighted by Crippen LogP contribution is 2.11. The molecule has 0 aliphatic rings. The van der Waals surface area contributed by atoms with Gasteiger partial charge in [-0.1, -0.05) is 6.07 Å². The average molecular weight is 259 g/mol. The molecule has 0 aliphatic heterocycles. The smallest absolute Gasteiger partial charge is 0.160 e. The summed E-state index contributed by atoms with van der Waals surface area (Å²) < 4.78 is 1.99. The van der Waals surface area contributed by atoms with Crippen LogP contribution in [0.4, 0.5) is 0 Å². The van der Waals surface area contributed by atoms with Gasteiger partial charge in [0, 0.05) is 17.6 Å². The van der Waals surface area contributed by atoms with Gasteiger partial charge in [-0.3, -0.25) is 4.40 Å². The van der Waals surface area contributed by atoms with Crippen molar-refractivity contribution in [1.29, 1.82) is 0 Å². The number of nitrogens with zero attached hydrogens (tertiary/aromatic N) is 4. The average Bonchev–Trinajstić information content (AvgIpc) is 2.97. The maximum absolute atomic E-state index is 4.23. The third-order valence-electron chi connectivity index (χ3n) is 2.80. The molecule has 1 N–H and O–H groups in total. The maximum atomic E-state index is 4.23. The predicted molar refractivity (Wildman–Crippen MR) is 70.4 cm³/mol. The summed E-state index contributed by atoms with van der Waals surface area (Å²) in [6, 6.07) is 5.89. The lowest BCUT2D eigenvalue weighted by Crippen LogP contribution is -2.14. The Morgan fingerprint density at radius 2 is 2.22 bits per heavy atom. The largest absolute Gasteiger partial charge is 0.305 e. The molecule has 0 radical (unpaired) electrons. The quantitative estimate of drug-likeness (QED) is 0.776. The molecular weight excluding hydrogens is 246 g/mol. The summed E-state index contributed by atoms with van der Waals surface area (Å²) in [5, 5.41) is 11.7. The second-order valence-corrected chi connectivity index (χ2v) is 4.95. The van der Waals surface area contributed by atoms with E-state index in [-0.39, 0.29) is 0 Å². The lowest BCUT2D eigenvalue weighted by Gasteiger charge is -2.02. The Kier molecular flexibility index (Phi) is 3.04. The molecule has 0 bridgehead atoms. The zero-order chi connectivity index (χ0) is 12.4. The minimum Gasteiger partial charge on any atom is -0.305 e. The van der Waals surface area contributed by atoms with Crippen molar-refractivity contribution in [3.8, 4) is 0 Å². The fourth-order valence-corrected chi connectivity index (χ4v) is 2.54. The first-order chi connectivity index (χ1) is 8.84. The van der Waals surface area contributed by atoms with E-state index in [1.54, 1.807) is 11.3 Å². The molecule has 0 aliphatic carbocycles. The SMILES string of the molecule is Cc1ncsc1CNCc1nnc2ccccn12. The summed E-state index contributed by atoms with van der Waals surface area (Å²) in [6.45, 7) is 3.54. The number of pyridine rings is 1. The zero-order valence-electron chi connectivity index (χ0n) is 10.00. The van der Waals surface area contributed by atoms with Crippen molar-refractivity contribution in [3.63, 3.8) is 0 Å². The highest BCUT2D eigenvalue weighted by molar-refractivity contribution is 7.09. The van der Waals surface area contributed by atoms with E-state index in [2.05, 4.69) is 20.5 Å². The van der Waals surface area contributed by atoms with E-state index in [0.717, 1.165) is 23.7 Å². The lowest BCUT2D eigenvalue weighted by molar-refractivity contribution is 0.659. The molecule has 0 spiro atoms. The van der Waals surface area contributed by atoms with Crippen molar-refractivity contribution in [1.82, 2.24) is 24.9 Å². The van der Waals surface area contributed by atoms with Gasteiger partial charge in [-0.25, -0.2) is 4.98 Å². The summed E-state index contributed by atoms with van der Waals surface area (Å²) in [7, 11) is 0. The van der Waals surface area contributed by atoms with Crippen LogP contribution in [0.1, 0.15) is 16.4 Å². The molecule has 5 nitrogen and oxygen atoms in total. The Balaban J connectivity index is 1.68. The van der Waals surface area contributed by atoms with Gasteiger partial charge >= 0.3 is 0 Å². The number of nitrogens with one attached hydrogen (secondary N) is 1. The molecule has 0 saturated heterocycles. The zero-order valence-corrected chi connectivity index (χ0v) is 10.8. The molecule has 0 saturated carbocycles. The molecule has 3 rings (SSSR count). The highest BCUT2D eigenvalue weighted by Gasteiger charge is 2.05. The monoisotopic (exact) mass is 259 g/mol. The van der Waals surface area contributed by atoms with E-state index in [9.17, 15) is 0 Å². The van der Waals surface area contributed by atoms with Gasteiger partial charge in [0.2, 0.25) is 0 Å². The number of aromatic nitrogens is 4. The molecule has 0 unspecified atom stereocenters. The summed E-state index contributed by atoms with van der Waals surface area (Å²) in [5.41, 5.74) is 3.85. The van der Waals surface area contributed by atoms with Gasteiger partial charge < -0.3 is 5.32 Å². The first-order valence-corrected chi connectivity index (χ1v) is 6.61. The second-order valence-electron chi connectivity index (χ2n) is 4.01. The van der Waals surface area contributed by atoms with E-state index < -0.39 is 0 Å². The Hall–Kier alpha value is -1.79. The van der Waals surface area contributed by atoms with E-state index in [4.69, 9.17) is 0 Å². The highest BCUT2D eigenvalue weighted by atomic mass is 32.1. The van der Waals surface area contributed by atoms with Crippen LogP contribution in [0.5, 0.6) is 0 Å². The molecule has 3 aromatic rings. The number of fused-ring (bicyclic) bond motifs is 1. The van der Waals surface area contributed by atoms with Crippen molar-refractivity contribution in [2.45, 2.75) is 20.0 Å². The molecule has 0 atom stereocenters. The van der Waals surface area contributed by atoms with Crippen molar-refractivity contribution in [3.05, 3.63) is 46.3 Å². The van der Waals surface area contributed by atoms with Gasteiger partial charge in [0.1, 0.15) is 0 Å². The van der Waals surface area contributed by atoms with Crippen LogP contribution in [0.2, 0.25) is 0 Å². The van der Waals surface area contributed by atoms with E-state index in [1.807, 2.05) is 41.2 Å². The standard InChI is InChI=1S/C12H13N5S/c1-9-10(18-8-14-9)6-13-7-12-16-15-11-4-2-3-5-17(11)12/h2-5,8,13H,6-7H2,1H3. The number of hydrogen-bond acceptors (Lipinski definition) is 5. The number of rotatable bonds is 4. The minimum absolute atomic E-state index is 0.697. The molecule has 0 fully saturated rings. The molecule has 92 valence electrons. The predicted octanol–water partition coefficient (Wildman–Crippen LogP) is 1.78. The van der Waals surface area contributed by atoms with Crippen LogP contribution in [-0.2, 0) is 13.1 Å². The van der Waals surface area contributed by atoms with Crippen LogP contribution in [0, 0.1) is 6.92 Å². The van der Waals surface area contributed by atoms with Crippen LogP contribution in [0.25, 0.3) is 5.65 Å². The molecule has 0 aromatic carbocycles. The van der Waals surface area contributed by atoms with Crippen molar-refractivity contribution in [2.24, 2.45) is 0 Å². The van der Waals surface area contributed by atoms with Crippen LogP contribution in [0.15, 0.2) is 29.9 Å². The summed E-state index contributed by atoms with van der Waals surface area (Å²) >= 11 is 1.67. The van der Waals surface area contributed by atoms with Crippen LogP contribution < -0.4 is 5.32 Å². The number of thiazole rings is 1. The summed E-state index contributed by atoms with van der Waals surface area (Å²) in [4.78, 5) is 5.49. The molecule has 3 aromatic heterocycles. The van der Waals surface area contributed by atoms with Gasteiger partial charge in [-0.2, -0.15) is 0 Å². The topological polar surface area (TPSA) is 55.1 Å². The van der Waals surface area contributed by atoms with Gasteiger partial charge in [-0.15, -0.1) is 21.5 Å². The molecule has 0 amide bonds. The third kappa shape index (κ3) is 2.12. The normalized spacial score (nSPS) is 11.2. The van der Waals surface area contributed by atoms with Crippen molar-refractivity contribution >= 4 is 17.0 Å². The summed E-state index contributed by atoms with van der Waals surface area (Å²) in [5.74, 6) is 0.924. The molecular formula is C12H13N5S. The lowest BCUT2D eigenvalue weighted by atomic mass is 10.4. The van der Waals surface area contributed by atoms with Gasteiger partial charge in [0.15, 0.2) is 11.5 Å². The van der Waals surface area contributed by atoms with E-state index >= 15 is 0 Å². The van der Waals surface area contributed by atoms with E-state index in [1.165, 1.54) is 4.88 Å². The minimum atomic E-state index is 0.697.